The number of hydrogen-bond donors (Lipinski definition) is 1. The SMILES string of the molecule is CC(=O)Nc1cc2c(-c3cc(OC(C)C4CCOCC4)c4c(n3)C3(CCOC3)OCC4)cn(C)c2cn1. The Labute approximate surface area is 216 Å². The molecule has 2 atom stereocenters. The average molecular weight is 507 g/mol. The molecule has 6 rings (SSSR count). The van der Waals surface area contributed by atoms with E-state index in [2.05, 4.69) is 29.5 Å². The highest BCUT2D eigenvalue weighted by molar-refractivity contribution is 5.98. The summed E-state index contributed by atoms with van der Waals surface area (Å²) in [6.07, 6.45) is 7.44. The number of rotatable bonds is 5. The Morgan fingerprint density at radius 1 is 1.22 bits per heavy atom. The summed E-state index contributed by atoms with van der Waals surface area (Å²) in [6, 6.07) is 3.99. The molecule has 9 nitrogen and oxygen atoms in total. The average Bonchev–Trinajstić information content (AvgIpc) is 3.49. The number of aromatic nitrogens is 3. The Hall–Kier alpha value is -3.01. The van der Waals surface area contributed by atoms with Gasteiger partial charge >= 0.3 is 0 Å². The summed E-state index contributed by atoms with van der Waals surface area (Å²) < 4.78 is 26.5. The Bertz CT molecular complexity index is 1320. The molecule has 0 radical (unpaired) electrons. The minimum absolute atomic E-state index is 0.0601. The van der Waals surface area contributed by atoms with Crippen LogP contribution < -0.4 is 10.1 Å². The van der Waals surface area contributed by atoms with Crippen LogP contribution in [0.3, 0.4) is 0 Å². The third-order valence-corrected chi connectivity index (χ3v) is 7.93. The number of aryl methyl sites for hydroxylation is 1. The molecule has 2 saturated heterocycles. The second-order valence-electron chi connectivity index (χ2n) is 10.4. The van der Waals surface area contributed by atoms with E-state index in [0.29, 0.717) is 31.6 Å². The van der Waals surface area contributed by atoms with E-state index >= 15 is 0 Å². The Morgan fingerprint density at radius 2 is 2.05 bits per heavy atom. The van der Waals surface area contributed by atoms with Crippen LogP contribution in [0.4, 0.5) is 5.82 Å². The van der Waals surface area contributed by atoms with Crippen molar-refractivity contribution in [3.63, 3.8) is 0 Å². The Balaban J connectivity index is 1.48. The predicted molar refractivity (Wildman–Crippen MR) is 139 cm³/mol. The maximum absolute atomic E-state index is 11.7. The number of amides is 1. The van der Waals surface area contributed by atoms with E-state index in [0.717, 1.165) is 78.1 Å². The number of fused-ring (bicyclic) bond motifs is 3. The number of anilines is 1. The third kappa shape index (κ3) is 4.49. The minimum atomic E-state index is -0.545. The molecule has 3 aromatic heterocycles. The van der Waals surface area contributed by atoms with Gasteiger partial charge in [-0.25, -0.2) is 9.97 Å². The molecular weight excluding hydrogens is 472 g/mol. The van der Waals surface area contributed by atoms with Crippen molar-refractivity contribution in [2.45, 2.75) is 51.2 Å². The van der Waals surface area contributed by atoms with E-state index in [1.54, 1.807) is 6.20 Å². The number of nitrogens with one attached hydrogen (secondary N) is 1. The lowest BCUT2D eigenvalue weighted by Crippen LogP contribution is -2.38. The smallest absolute Gasteiger partial charge is 0.222 e. The zero-order valence-corrected chi connectivity index (χ0v) is 21.7. The second-order valence-corrected chi connectivity index (χ2v) is 10.4. The summed E-state index contributed by atoms with van der Waals surface area (Å²) in [5, 5.41) is 3.76. The first-order valence-electron chi connectivity index (χ1n) is 13.2. The molecule has 9 heteroatoms. The summed E-state index contributed by atoms with van der Waals surface area (Å²) >= 11 is 0. The zero-order valence-electron chi connectivity index (χ0n) is 21.7. The molecule has 1 N–H and O–H groups in total. The highest BCUT2D eigenvalue weighted by atomic mass is 16.6. The van der Waals surface area contributed by atoms with Crippen molar-refractivity contribution in [1.29, 1.82) is 0 Å². The molecule has 37 heavy (non-hydrogen) atoms. The van der Waals surface area contributed by atoms with E-state index in [1.807, 2.05) is 17.7 Å². The predicted octanol–water partition coefficient (Wildman–Crippen LogP) is 3.98. The van der Waals surface area contributed by atoms with Crippen molar-refractivity contribution in [3.8, 4) is 17.0 Å². The van der Waals surface area contributed by atoms with Crippen LogP contribution in [-0.2, 0) is 38.1 Å². The molecule has 3 aliphatic rings. The minimum Gasteiger partial charge on any atom is -0.490 e. The van der Waals surface area contributed by atoms with Gasteiger partial charge in [-0.2, -0.15) is 0 Å². The van der Waals surface area contributed by atoms with Crippen LogP contribution in [0.5, 0.6) is 5.75 Å². The van der Waals surface area contributed by atoms with Gasteiger partial charge in [-0.3, -0.25) is 4.79 Å². The number of ether oxygens (including phenoxy) is 4. The van der Waals surface area contributed by atoms with Gasteiger partial charge in [0.05, 0.1) is 42.4 Å². The standard InChI is InChI=1S/C28H34N4O5/c1-17(19-4-8-34-9-5-19)37-25-13-23(31-27-20(25)6-10-36-28(27)7-11-35-16-28)22-15-32(3)24-14-29-26(12-21(22)24)30-18(2)33/h12-15,17,19H,4-11,16H2,1-3H3,(H,29,30,33). The fourth-order valence-corrected chi connectivity index (χ4v) is 5.89. The van der Waals surface area contributed by atoms with Crippen molar-refractivity contribution in [1.82, 2.24) is 14.5 Å². The lowest BCUT2D eigenvalue weighted by molar-refractivity contribution is -0.114. The number of pyridine rings is 2. The number of carbonyl (C=O) groups excluding carboxylic acids is 1. The van der Waals surface area contributed by atoms with Crippen LogP contribution in [0.15, 0.2) is 24.5 Å². The third-order valence-electron chi connectivity index (χ3n) is 7.93. The normalized spacial score (nSPS) is 22.8. The first-order valence-corrected chi connectivity index (χ1v) is 13.2. The first kappa shape index (κ1) is 24.3. The molecule has 0 aliphatic carbocycles. The summed E-state index contributed by atoms with van der Waals surface area (Å²) in [4.78, 5) is 21.3. The maximum Gasteiger partial charge on any atom is 0.222 e. The summed E-state index contributed by atoms with van der Waals surface area (Å²) in [7, 11) is 1.99. The van der Waals surface area contributed by atoms with Crippen molar-refractivity contribution in [3.05, 3.63) is 35.8 Å². The largest absolute Gasteiger partial charge is 0.490 e. The molecule has 0 bridgehead atoms. The van der Waals surface area contributed by atoms with Crippen molar-refractivity contribution in [2.75, 3.05) is 38.4 Å². The van der Waals surface area contributed by atoms with E-state index in [1.165, 1.54) is 6.92 Å². The van der Waals surface area contributed by atoms with Gasteiger partial charge in [0.2, 0.25) is 5.91 Å². The fourth-order valence-electron chi connectivity index (χ4n) is 5.89. The van der Waals surface area contributed by atoms with Crippen LogP contribution in [-0.4, -0.2) is 59.6 Å². The monoisotopic (exact) mass is 506 g/mol. The van der Waals surface area contributed by atoms with E-state index in [-0.39, 0.29) is 12.0 Å². The van der Waals surface area contributed by atoms with Crippen molar-refractivity contribution < 1.29 is 23.7 Å². The van der Waals surface area contributed by atoms with E-state index in [9.17, 15) is 4.79 Å². The van der Waals surface area contributed by atoms with Gasteiger partial charge in [-0.05, 0) is 31.7 Å². The highest BCUT2D eigenvalue weighted by Gasteiger charge is 2.44. The van der Waals surface area contributed by atoms with Crippen molar-refractivity contribution >= 4 is 22.6 Å². The first-order chi connectivity index (χ1) is 17.9. The van der Waals surface area contributed by atoms with Gasteiger partial charge in [0.15, 0.2) is 0 Å². The molecule has 3 aromatic rings. The van der Waals surface area contributed by atoms with Crippen LogP contribution in [0.25, 0.3) is 22.2 Å². The molecular formula is C28H34N4O5. The lowest BCUT2D eigenvalue weighted by atomic mass is 9.88. The molecule has 0 aromatic carbocycles. The van der Waals surface area contributed by atoms with Gasteiger partial charge in [0.25, 0.3) is 0 Å². The molecule has 196 valence electrons. The van der Waals surface area contributed by atoms with Gasteiger partial charge in [0, 0.05) is 75.4 Å². The Kier molecular flexibility index (Phi) is 6.38. The highest BCUT2D eigenvalue weighted by Crippen LogP contribution is 2.44. The van der Waals surface area contributed by atoms with Crippen LogP contribution in [0, 0.1) is 5.92 Å². The lowest BCUT2D eigenvalue weighted by Gasteiger charge is -2.36. The number of carbonyl (C=O) groups is 1. The van der Waals surface area contributed by atoms with Gasteiger partial charge in [-0.15, -0.1) is 0 Å². The summed E-state index contributed by atoms with van der Waals surface area (Å²) in [6.45, 7) is 6.99. The van der Waals surface area contributed by atoms with Gasteiger partial charge in [-0.1, -0.05) is 0 Å². The molecule has 1 spiro atoms. The Morgan fingerprint density at radius 3 is 2.81 bits per heavy atom. The molecule has 2 unspecified atom stereocenters. The number of nitrogens with zero attached hydrogens (tertiary/aromatic N) is 3. The van der Waals surface area contributed by atoms with Crippen LogP contribution >= 0.6 is 0 Å². The van der Waals surface area contributed by atoms with Gasteiger partial charge < -0.3 is 28.8 Å². The van der Waals surface area contributed by atoms with Gasteiger partial charge in [0.1, 0.15) is 17.2 Å². The molecule has 1 amide bonds. The summed E-state index contributed by atoms with van der Waals surface area (Å²) in [5.41, 5.74) is 4.23. The molecule has 0 saturated carbocycles. The van der Waals surface area contributed by atoms with E-state index < -0.39 is 5.60 Å². The zero-order chi connectivity index (χ0) is 25.6. The van der Waals surface area contributed by atoms with Crippen LogP contribution in [0.1, 0.15) is 44.4 Å². The maximum atomic E-state index is 11.7. The molecule has 3 aliphatic heterocycles. The second kappa shape index (κ2) is 9.70. The van der Waals surface area contributed by atoms with Crippen LogP contribution in [0.2, 0.25) is 0 Å². The molecule has 2 fully saturated rings. The fraction of sp³-hybridized carbons (Fsp3) is 0.536. The topological polar surface area (TPSA) is 96.7 Å². The number of hydrogen-bond acceptors (Lipinski definition) is 7. The summed E-state index contributed by atoms with van der Waals surface area (Å²) in [5.74, 6) is 1.68. The van der Waals surface area contributed by atoms with E-state index in [4.69, 9.17) is 23.9 Å². The molecule has 6 heterocycles. The van der Waals surface area contributed by atoms with Crippen molar-refractivity contribution in [2.24, 2.45) is 13.0 Å². The quantitative estimate of drug-likeness (QED) is 0.559.